The smallest absolute Gasteiger partial charge is 0.233 e. The maximum atomic E-state index is 12.3. The second-order valence-corrected chi connectivity index (χ2v) is 6.86. The first-order valence-corrected chi connectivity index (χ1v) is 9.80. The summed E-state index contributed by atoms with van der Waals surface area (Å²) in [6, 6.07) is 11.4. The Hall–Kier alpha value is -3.22. The van der Waals surface area contributed by atoms with Crippen LogP contribution in [0.25, 0.3) is 0 Å². The van der Waals surface area contributed by atoms with E-state index in [2.05, 4.69) is 29.4 Å². The van der Waals surface area contributed by atoms with Crippen molar-refractivity contribution in [3.8, 4) is 11.5 Å². The minimum absolute atomic E-state index is 0.209. The number of hydrogen-bond donors (Lipinski definition) is 2. The average molecular weight is 397 g/mol. The summed E-state index contributed by atoms with van der Waals surface area (Å²) in [5.74, 6) is 0.685. The van der Waals surface area contributed by atoms with E-state index in [1.165, 1.54) is 0 Å². The molecule has 154 valence electrons. The van der Waals surface area contributed by atoms with Gasteiger partial charge in [-0.1, -0.05) is 6.07 Å². The summed E-state index contributed by atoms with van der Waals surface area (Å²) >= 11 is 0. The molecule has 1 aliphatic heterocycles. The van der Waals surface area contributed by atoms with Crippen molar-refractivity contribution in [1.29, 1.82) is 0 Å². The molecule has 0 unspecified atom stereocenters. The van der Waals surface area contributed by atoms with E-state index in [0.29, 0.717) is 18.0 Å². The molecule has 2 aromatic rings. The van der Waals surface area contributed by atoms with Gasteiger partial charge in [-0.25, -0.2) is 0 Å². The van der Waals surface area contributed by atoms with Crippen LogP contribution in [0.3, 0.4) is 0 Å². The fourth-order valence-corrected chi connectivity index (χ4v) is 3.23. The number of aryl methyl sites for hydroxylation is 1. The molecule has 1 heterocycles. The Kier molecular flexibility index (Phi) is 6.59. The Balaban J connectivity index is 1.50. The van der Waals surface area contributed by atoms with E-state index in [9.17, 15) is 9.59 Å². The van der Waals surface area contributed by atoms with Crippen LogP contribution in [0.5, 0.6) is 11.5 Å². The van der Waals surface area contributed by atoms with E-state index in [1.807, 2.05) is 37.3 Å². The van der Waals surface area contributed by atoms with Crippen LogP contribution >= 0.6 is 0 Å². The first-order chi connectivity index (χ1) is 14.0. The van der Waals surface area contributed by atoms with Crippen LogP contribution in [0.15, 0.2) is 36.4 Å². The van der Waals surface area contributed by atoms with E-state index >= 15 is 0 Å². The number of carbonyl (C=O) groups excluding carboxylic acids is 2. The lowest BCUT2D eigenvalue weighted by atomic mass is 10.1. The van der Waals surface area contributed by atoms with Gasteiger partial charge in [-0.15, -0.1) is 0 Å². The molecular weight excluding hydrogens is 370 g/mol. The van der Waals surface area contributed by atoms with Gasteiger partial charge >= 0.3 is 0 Å². The summed E-state index contributed by atoms with van der Waals surface area (Å²) in [4.78, 5) is 26.6. The van der Waals surface area contributed by atoms with Crippen molar-refractivity contribution >= 4 is 23.2 Å². The predicted octanol–water partition coefficient (Wildman–Crippen LogP) is 3.21. The minimum atomic E-state index is -0.341. The fraction of sp³-hybridized carbons (Fsp3) is 0.364. The van der Waals surface area contributed by atoms with Gasteiger partial charge < -0.3 is 25.0 Å². The van der Waals surface area contributed by atoms with Crippen LogP contribution in [0.4, 0.5) is 11.4 Å². The van der Waals surface area contributed by atoms with Crippen molar-refractivity contribution in [2.24, 2.45) is 0 Å². The highest BCUT2D eigenvalue weighted by Crippen LogP contribution is 2.32. The number of nitrogens with zero attached hydrogens (tertiary/aromatic N) is 1. The Morgan fingerprint density at radius 2 is 1.76 bits per heavy atom. The van der Waals surface area contributed by atoms with Crippen LogP contribution in [0.2, 0.25) is 0 Å². The molecule has 7 heteroatoms. The second-order valence-electron chi connectivity index (χ2n) is 6.86. The molecule has 2 N–H and O–H groups in total. The zero-order valence-corrected chi connectivity index (χ0v) is 17.1. The third-order valence-corrected chi connectivity index (χ3v) is 4.86. The molecule has 0 saturated heterocycles. The third-order valence-electron chi connectivity index (χ3n) is 4.86. The summed E-state index contributed by atoms with van der Waals surface area (Å²) < 4.78 is 10.6. The standard InChI is InChI=1S/C22H27N3O4/c1-4-25(5-2)17-7-8-18(15(3)10-17)24-22(27)12-21(26)23-13-16-6-9-19-20(11-16)29-14-28-19/h6-11H,4-5,12-14H2,1-3H3,(H,23,26)(H,24,27). The number of fused-ring (bicyclic) bond motifs is 1. The Labute approximate surface area is 171 Å². The molecule has 0 atom stereocenters. The lowest BCUT2D eigenvalue weighted by Crippen LogP contribution is -2.28. The van der Waals surface area contributed by atoms with Gasteiger partial charge in [0.25, 0.3) is 0 Å². The first-order valence-electron chi connectivity index (χ1n) is 9.80. The van der Waals surface area contributed by atoms with E-state index in [-0.39, 0.29) is 25.0 Å². The monoisotopic (exact) mass is 397 g/mol. The number of hydrogen-bond acceptors (Lipinski definition) is 5. The quantitative estimate of drug-likeness (QED) is 0.669. The number of nitrogens with one attached hydrogen (secondary N) is 2. The number of benzene rings is 2. The summed E-state index contributed by atoms with van der Waals surface area (Å²) in [5, 5.41) is 5.58. The zero-order chi connectivity index (χ0) is 20.8. The normalized spacial score (nSPS) is 11.8. The number of ether oxygens (including phenoxy) is 2. The molecule has 7 nitrogen and oxygen atoms in total. The van der Waals surface area contributed by atoms with Crippen molar-refractivity contribution in [1.82, 2.24) is 5.32 Å². The van der Waals surface area contributed by atoms with Crippen molar-refractivity contribution in [3.63, 3.8) is 0 Å². The van der Waals surface area contributed by atoms with Gasteiger partial charge in [0.15, 0.2) is 11.5 Å². The molecule has 0 aliphatic carbocycles. The van der Waals surface area contributed by atoms with Gasteiger partial charge in [-0.05, 0) is 62.2 Å². The molecule has 3 rings (SSSR count). The maximum Gasteiger partial charge on any atom is 0.233 e. The topological polar surface area (TPSA) is 79.9 Å². The lowest BCUT2D eigenvalue weighted by molar-refractivity contribution is -0.126. The van der Waals surface area contributed by atoms with E-state index in [1.54, 1.807) is 6.07 Å². The Bertz CT molecular complexity index is 894. The molecule has 2 aromatic carbocycles. The van der Waals surface area contributed by atoms with Gasteiger partial charge in [0, 0.05) is 31.0 Å². The molecule has 0 bridgehead atoms. The number of carbonyl (C=O) groups is 2. The van der Waals surface area contributed by atoms with Crippen molar-refractivity contribution in [3.05, 3.63) is 47.5 Å². The average Bonchev–Trinajstić information content (AvgIpc) is 3.17. The zero-order valence-electron chi connectivity index (χ0n) is 17.1. The highest BCUT2D eigenvalue weighted by atomic mass is 16.7. The maximum absolute atomic E-state index is 12.3. The molecule has 0 radical (unpaired) electrons. The highest BCUT2D eigenvalue weighted by molar-refractivity contribution is 6.03. The second kappa shape index (κ2) is 9.32. The fourth-order valence-electron chi connectivity index (χ4n) is 3.23. The SMILES string of the molecule is CCN(CC)c1ccc(NC(=O)CC(=O)NCc2ccc3c(c2)OCO3)c(C)c1. The van der Waals surface area contributed by atoms with Crippen LogP contribution in [0, 0.1) is 6.92 Å². The van der Waals surface area contributed by atoms with Crippen molar-refractivity contribution in [2.45, 2.75) is 33.7 Å². The summed E-state index contributed by atoms with van der Waals surface area (Å²) in [5.41, 5.74) is 3.68. The molecule has 2 amide bonds. The molecule has 1 aliphatic rings. The first kappa shape index (κ1) is 20.5. The summed E-state index contributed by atoms with van der Waals surface area (Å²) in [6.45, 7) is 8.53. The highest BCUT2D eigenvalue weighted by Gasteiger charge is 2.15. The molecule has 0 fully saturated rings. The lowest BCUT2D eigenvalue weighted by Gasteiger charge is -2.22. The van der Waals surface area contributed by atoms with Gasteiger partial charge in [0.1, 0.15) is 6.42 Å². The van der Waals surface area contributed by atoms with E-state index in [0.717, 1.165) is 35.6 Å². The molecule has 0 aromatic heterocycles. The van der Waals surface area contributed by atoms with Gasteiger partial charge in [0.2, 0.25) is 18.6 Å². The number of anilines is 2. The Morgan fingerprint density at radius 1 is 1.00 bits per heavy atom. The van der Waals surface area contributed by atoms with Crippen LogP contribution < -0.4 is 25.0 Å². The predicted molar refractivity (Wildman–Crippen MR) is 112 cm³/mol. The van der Waals surface area contributed by atoms with Gasteiger partial charge in [-0.3, -0.25) is 9.59 Å². The van der Waals surface area contributed by atoms with Crippen molar-refractivity contribution in [2.75, 3.05) is 30.1 Å². The molecular formula is C22H27N3O4. The van der Waals surface area contributed by atoms with E-state index in [4.69, 9.17) is 9.47 Å². The minimum Gasteiger partial charge on any atom is -0.454 e. The third kappa shape index (κ3) is 5.19. The van der Waals surface area contributed by atoms with Gasteiger partial charge in [0.05, 0.1) is 0 Å². The molecule has 0 saturated carbocycles. The van der Waals surface area contributed by atoms with Crippen molar-refractivity contribution < 1.29 is 19.1 Å². The molecule has 29 heavy (non-hydrogen) atoms. The van der Waals surface area contributed by atoms with E-state index < -0.39 is 0 Å². The van der Waals surface area contributed by atoms with Gasteiger partial charge in [-0.2, -0.15) is 0 Å². The largest absolute Gasteiger partial charge is 0.454 e. The van der Waals surface area contributed by atoms with Crippen LogP contribution in [0.1, 0.15) is 31.4 Å². The Morgan fingerprint density at radius 3 is 2.48 bits per heavy atom. The molecule has 0 spiro atoms. The summed E-state index contributed by atoms with van der Waals surface area (Å²) in [7, 11) is 0. The van der Waals surface area contributed by atoms with Crippen LogP contribution in [-0.4, -0.2) is 31.7 Å². The number of amides is 2. The summed E-state index contributed by atoms with van der Waals surface area (Å²) in [6.07, 6.45) is -0.234. The number of rotatable bonds is 8. The van der Waals surface area contributed by atoms with Crippen LogP contribution in [-0.2, 0) is 16.1 Å².